The number of ether oxygens (including phenoxy) is 1. The van der Waals surface area contributed by atoms with Crippen LogP contribution in [0.4, 0.5) is 18.9 Å². The summed E-state index contributed by atoms with van der Waals surface area (Å²) < 4.78 is 48.0. The standard InChI is InChI=1S/C24H24F3N5O/c1-30(2)8-9-33-23-13-28-20-6-5-15(10-21(20)29-23)24-31-7-3-4-16(31)14-32(24)22-12-18(26)17(25)11-19(22)27/h5-6,10-14,24H,3-4,7-9H2,1-2H3. The molecule has 0 N–H and O–H groups in total. The van der Waals surface area contributed by atoms with Crippen LogP contribution in [-0.2, 0) is 0 Å². The summed E-state index contributed by atoms with van der Waals surface area (Å²) in [5.41, 5.74) is 3.23. The maximum atomic E-state index is 14.7. The Balaban J connectivity index is 1.51. The van der Waals surface area contributed by atoms with Crippen LogP contribution in [0.2, 0.25) is 0 Å². The fourth-order valence-electron chi connectivity index (χ4n) is 4.34. The van der Waals surface area contributed by atoms with Crippen LogP contribution in [0.25, 0.3) is 11.0 Å². The number of benzene rings is 2. The first-order chi connectivity index (χ1) is 15.9. The van der Waals surface area contributed by atoms with Crippen molar-refractivity contribution in [2.24, 2.45) is 0 Å². The van der Waals surface area contributed by atoms with Gasteiger partial charge in [0.1, 0.15) is 18.6 Å². The third-order valence-corrected chi connectivity index (χ3v) is 5.95. The Hall–Kier alpha value is -3.33. The second-order valence-corrected chi connectivity index (χ2v) is 8.52. The lowest BCUT2D eigenvalue weighted by Crippen LogP contribution is -2.31. The lowest BCUT2D eigenvalue weighted by atomic mass is 10.1. The van der Waals surface area contributed by atoms with E-state index < -0.39 is 23.6 Å². The Morgan fingerprint density at radius 2 is 1.88 bits per heavy atom. The van der Waals surface area contributed by atoms with Crippen LogP contribution in [0.5, 0.6) is 5.88 Å². The van der Waals surface area contributed by atoms with E-state index in [1.165, 1.54) is 0 Å². The number of hydrogen-bond donors (Lipinski definition) is 0. The molecule has 3 aromatic rings. The molecule has 1 unspecified atom stereocenters. The third kappa shape index (κ3) is 4.08. The van der Waals surface area contributed by atoms with Crippen molar-refractivity contribution in [1.82, 2.24) is 19.8 Å². The minimum absolute atomic E-state index is 0.00671. The molecule has 0 aliphatic carbocycles. The van der Waals surface area contributed by atoms with Crippen molar-refractivity contribution in [1.29, 1.82) is 0 Å². The first kappa shape index (κ1) is 21.5. The van der Waals surface area contributed by atoms with E-state index in [2.05, 4.69) is 14.9 Å². The number of anilines is 1. The molecule has 2 aromatic carbocycles. The number of rotatable bonds is 6. The predicted octanol–water partition coefficient (Wildman–Crippen LogP) is 4.44. The van der Waals surface area contributed by atoms with Gasteiger partial charge in [-0.05, 0) is 44.6 Å². The Morgan fingerprint density at radius 3 is 2.70 bits per heavy atom. The lowest BCUT2D eigenvalue weighted by molar-refractivity contribution is 0.254. The van der Waals surface area contributed by atoms with Gasteiger partial charge in [0.25, 0.3) is 0 Å². The molecule has 0 bridgehead atoms. The van der Waals surface area contributed by atoms with Crippen molar-refractivity contribution in [2.45, 2.75) is 19.0 Å². The molecule has 9 heteroatoms. The lowest BCUT2D eigenvalue weighted by Gasteiger charge is -2.32. The van der Waals surface area contributed by atoms with Gasteiger partial charge in [-0.25, -0.2) is 23.1 Å². The maximum Gasteiger partial charge on any atom is 0.232 e. The van der Waals surface area contributed by atoms with E-state index in [4.69, 9.17) is 4.74 Å². The highest BCUT2D eigenvalue weighted by Crippen LogP contribution is 2.44. The molecule has 5 rings (SSSR count). The highest BCUT2D eigenvalue weighted by atomic mass is 19.2. The van der Waals surface area contributed by atoms with Gasteiger partial charge >= 0.3 is 0 Å². The van der Waals surface area contributed by atoms with E-state index in [-0.39, 0.29) is 5.69 Å². The molecular weight excluding hydrogens is 431 g/mol. The molecule has 1 fully saturated rings. The number of likely N-dealkylation sites (N-methyl/N-ethyl adjacent to an activating group) is 1. The quantitative estimate of drug-likeness (QED) is 0.512. The van der Waals surface area contributed by atoms with Crippen molar-refractivity contribution in [2.75, 3.05) is 38.7 Å². The van der Waals surface area contributed by atoms with E-state index in [1.54, 1.807) is 11.1 Å². The highest BCUT2D eigenvalue weighted by Gasteiger charge is 2.38. The summed E-state index contributed by atoms with van der Waals surface area (Å²) in [5.74, 6) is -2.67. The van der Waals surface area contributed by atoms with E-state index in [1.807, 2.05) is 43.4 Å². The van der Waals surface area contributed by atoms with Crippen LogP contribution in [-0.4, -0.2) is 53.6 Å². The van der Waals surface area contributed by atoms with Gasteiger partial charge in [-0.1, -0.05) is 6.07 Å². The predicted molar refractivity (Wildman–Crippen MR) is 119 cm³/mol. The molecule has 0 amide bonds. The highest BCUT2D eigenvalue weighted by molar-refractivity contribution is 5.76. The van der Waals surface area contributed by atoms with Crippen LogP contribution >= 0.6 is 0 Å². The van der Waals surface area contributed by atoms with Crippen LogP contribution in [0, 0.1) is 17.5 Å². The number of aromatic nitrogens is 2. The number of hydrogen-bond acceptors (Lipinski definition) is 6. The molecule has 2 aliphatic rings. The minimum atomic E-state index is -1.21. The fraction of sp³-hybridized carbons (Fsp3) is 0.333. The van der Waals surface area contributed by atoms with Crippen molar-refractivity contribution in [3.63, 3.8) is 0 Å². The van der Waals surface area contributed by atoms with Gasteiger partial charge in [-0.3, -0.25) is 0 Å². The van der Waals surface area contributed by atoms with Gasteiger partial charge in [0.05, 0.1) is 22.9 Å². The fourth-order valence-corrected chi connectivity index (χ4v) is 4.34. The van der Waals surface area contributed by atoms with E-state index in [9.17, 15) is 13.2 Å². The number of fused-ring (bicyclic) bond motifs is 2. The normalized spacial score (nSPS) is 17.8. The minimum Gasteiger partial charge on any atom is -0.475 e. The van der Waals surface area contributed by atoms with Crippen LogP contribution in [0.3, 0.4) is 0 Å². The molecule has 0 radical (unpaired) electrons. The summed E-state index contributed by atoms with van der Waals surface area (Å²) in [4.78, 5) is 14.9. The number of nitrogens with zero attached hydrogens (tertiary/aromatic N) is 5. The average Bonchev–Trinajstić information content (AvgIpc) is 3.37. The third-order valence-electron chi connectivity index (χ3n) is 5.95. The molecule has 1 atom stereocenters. The average molecular weight is 455 g/mol. The molecule has 0 spiro atoms. The van der Waals surface area contributed by atoms with Gasteiger partial charge in [-0.15, -0.1) is 0 Å². The second-order valence-electron chi connectivity index (χ2n) is 8.52. The largest absolute Gasteiger partial charge is 0.475 e. The molecule has 33 heavy (non-hydrogen) atoms. The topological polar surface area (TPSA) is 44.7 Å². The Kier molecular flexibility index (Phi) is 5.57. The van der Waals surface area contributed by atoms with Gasteiger partial charge < -0.3 is 19.4 Å². The molecule has 3 heterocycles. The Bertz CT molecular complexity index is 1230. The summed E-state index contributed by atoms with van der Waals surface area (Å²) in [7, 11) is 3.93. The molecular formula is C24H24F3N5O. The zero-order chi connectivity index (χ0) is 23.1. The molecule has 6 nitrogen and oxygen atoms in total. The molecule has 172 valence electrons. The monoisotopic (exact) mass is 455 g/mol. The summed E-state index contributed by atoms with van der Waals surface area (Å²) in [5, 5.41) is 0. The van der Waals surface area contributed by atoms with Gasteiger partial charge in [0.15, 0.2) is 11.6 Å². The molecule has 1 aromatic heterocycles. The first-order valence-electron chi connectivity index (χ1n) is 10.8. The Morgan fingerprint density at radius 1 is 1.06 bits per heavy atom. The van der Waals surface area contributed by atoms with Crippen LogP contribution in [0.15, 0.2) is 48.4 Å². The summed E-state index contributed by atoms with van der Waals surface area (Å²) in [6.45, 7) is 2.02. The molecule has 1 saturated heterocycles. The van der Waals surface area contributed by atoms with Crippen molar-refractivity contribution in [3.8, 4) is 5.88 Å². The summed E-state index contributed by atoms with van der Waals surface area (Å²) in [6.07, 6.45) is 4.84. The second kappa shape index (κ2) is 8.55. The molecule has 0 saturated carbocycles. The SMILES string of the molecule is CN(C)CCOc1cnc2ccc(C3N4CCCC4=CN3c3cc(F)c(F)cc3F)cc2n1. The van der Waals surface area contributed by atoms with Crippen molar-refractivity contribution < 1.29 is 17.9 Å². The van der Waals surface area contributed by atoms with Crippen molar-refractivity contribution in [3.05, 3.63) is 71.4 Å². The van der Waals surface area contributed by atoms with E-state index in [0.29, 0.717) is 29.6 Å². The van der Waals surface area contributed by atoms with Gasteiger partial charge in [-0.2, -0.15) is 0 Å². The maximum absolute atomic E-state index is 14.7. The number of allylic oxidation sites excluding steroid dienone is 1. The Labute approximate surface area is 189 Å². The van der Waals surface area contributed by atoms with Crippen molar-refractivity contribution >= 4 is 16.7 Å². The summed E-state index contributed by atoms with van der Waals surface area (Å²) >= 11 is 0. The smallest absolute Gasteiger partial charge is 0.232 e. The first-order valence-corrected chi connectivity index (χ1v) is 10.8. The summed E-state index contributed by atoms with van der Waals surface area (Å²) in [6, 6.07) is 7.16. The van der Waals surface area contributed by atoms with E-state index in [0.717, 1.165) is 43.3 Å². The zero-order valence-electron chi connectivity index (χ0n) is 18.4. The molecule has 2 aliphatic heterocycles. The van der Waals surface area contributed by atoms with Crippen LogP contribution in [0.1, 0.15) is 24.6 Å². The number of halogens is 3. The zero-order valence-corrected chi connectivity index (χ0v) is 18.4. The van der Waals surface area contributed by atoms with E-state index >= 15 is 0 Å². The van der Waals surface area contributed by atoms with Crippen LogP contribution < -0.4 is 9.64 Å². The van der Waals surface area contributed by atoms with Gasteiger partial charge in [0.2, 0.25) is 5.88 Å². The van der Waals surface area contributed by atoms with Gasteiger partial charge in [0, 0.05) is 37.1 Å².